The summed E-state index contributed by atoms with van der Waals surface area (Å²) in [5.74, 6) is 0.672. The Morgan fingerprint density at radius 3 is 2.89 bits per heavy atom. The van der Waals surface area contributed by atoms with Gasteiger partial charge in [-0.3, -0.25) is 4.79 Å². The maximum Gasteiger partial charge on any atom is 0.308 e. The van der Waals surface area contributed by atoms with Gasteiger partial charge in [0.05, 0.1) is 11.9 Å². The van der Waals surface area contributed by atoms with Crippen LogP contribution in [0.3, 0.4) is 0 Å². The van der Waals surface area contributed by atoms with E-state index in [2.05, 4.69) is 26.8 Å². The second kappa shape index (κ2) is 6.61. The van der Waals surface area contributed by atoms with E-state index >= 15 is 0 Å². The molecule has 0 atom stereocenters. The lowest BCUT2D eigenvalue weighted by molar-refractivity contribution is -0.131. The molecule has 0 saturated heterocycles. The average molecular weight is 362 g/mol. The van der Waals surface area contributed by atoms with Gasteiger partial charge in [-0.25, -0.2) is 4.98 Å². The van der Waals surface area contributed by atoms with Crippen molar-refractivity contribution in [3.05, 3.63) is 41.7 Å². The fraction of sp³-hybridized carbons (Fsp3) is 0.263. The summed E-state index contributed by atoms with van der Waals surface area (Å²) in [6.07, 6.45) is 3.74. The Morgan fingerprint density at radius 2 is 2.19 bits per heavy atom. The van der Waals surface area contributed by atoms with Crippen LogP contribution < -0.4 is 15.4 Å². The van der Waals surface area contributed by atoms with Crippen molar-refractivity contribution in [1.82, 2.24) is 14.6 Å². The molecule has 0 spiro atoms. The van der Waals surface area contributed by atoms with Crippen LogP contribution in [0.2, 0.25) is 0 Å². The number of ether oxygens (including phenoxy) is 1. The molecule has 0 bridgehead atoms. The molecule has 2 N–H and O–H groups in total. The quantitative estimate of drug-likeness (QED) is 0.530. The number of nitriles is 1. The average Bonchev–Trinajstić information content (AvgIpc) is 3.34. The molecule has 136 valence electrons. The summed E-state index contributed by atoms with van der Waals surface area (Å²) in [6, 6.07) is 9.88. The van der Waals surface area contributed by atoms with E-state index in [4.69, 9.17) is 4.74 Å². The molecule has 2 heterocycles. The van der Waals surface area contributed by atoms with E-state index < -0.39 is 0 Å². The van der Waals surface area contributed by atoms with Crippen LogP contribution in [0.25, 0.3) is 5.65 Å². The number of imidazole rings is 1. The van der Waals surface area contributed by atoms with Crippen LogP contribution in [0.1, 0.15) is 31.0 Å². The Kier molecular flexibility index (Phi) is 4.12. The Labute approximate surface area is 155 Å². The van der Waals surface area contributed by atoms with E-state index in [0.29, 0.717) is 29.0 Å². The number of anilines is 3. The minimum absolute atomic E-state index is 0.358. The van der Waals surface area contributed by atoms with Crippen LogP contribution in [0, 0.1) is 18.3 Å². The van der Waals surface area contributed by atoms with E-state index in [-0.39, 0.29) is 5.97 Å². The molecule has 2 aromatic heterocycles. The van der Waals surface area contributed by atoms with E-state index in [1.807, 2.05) is 25.1 Å². The highest BCUT2D eigenvalue weighted by atomic mass is 16.5. The number of aromatic nitrogens is 3. The van der Waals surface area contributed by atoms with Crippen molar-refractivity contribution < 1.29 is 9.53 Å². The first-order valence-electron chi connectivity index (χ1n) is 8.65. The molecule has 1 aliphatic carbocycles. The Morgan fingerprint density at radius 1 is 1.37 bits per heavy atom. The SMILES string of the molecule is CC(=O)Oc1cc(Nc2cc(NC3CC3)c3ncc(C#N)n3n2)ccc1C. The highest BCUT2D eigenvalue weighted by Gasteiger charge is 2.23. The molecule has 3 aromatic rings. The molecule has 8 heteroatoms. The summed E-state index contributed by atoms with van der Waals surface area (Å²) < 4.78 is 6.75. The normalized spacial score (nSPS) is 13.2. The molecule has 0 amide bonds. The van der Waals surface area contributed by atoms with Crippen molar-refractivity contribution in [1.29, 1.82) is 5.26 Å². The standard InChI is InChI=1S/C19H18N6O2/c1-11-3-4-14(7-17(11)27-12(2)26)23-18-8-16(22-13-5-6-13)19-21-10-15(9-20)25(19)24-18/h3-4,7-8,10,13,22H,5-6H2,1-2H3,(H,23,24). The van der Waals surface area contributed by atoms with Crippen molar-refractivity contribution in [2.75, 3.05) is 10.6 Å². The third kappa shape index (κ3) is 3.53. The molecular formula is C19H18N6O2. The molecule has 0 unspecified atom stereocenters. The van der Waals surface area contributed by atoms with Crippen molar-refractivity contribution in [3.8, 4) is 11.8 Å². The Bertz CT molecular complexity index is 1080. The van der Waals surface area contributed by atoms with E-state index in [0.717, 1.165) is 29.8 Å². The van der Waals surface area contributed by atoms with Gasteiger partial charge in [0.25, 0.3) is 0 Å². The first kappa shape index (κ1) is 16.8. The number of benzene rings is 1. The number of fused-ring (bicyclic) bond motifs is 1. The third-order valence-electron chi connectivity index (χ3n) is 4.23. The lowest BCUT2D eigenvalue weighted by Crippen LogP contribution is -2.08. The number of nitrogens with one attached hydrogen (secondary N) is 2. The van der Waals surface area contributed by atoms with Crippen molar-refractivity contribution in [2.45, 2.75) is 32.7 Å². The summed E-state index contributed by atoms with van der Waals surface area (Å²) >= 11 is 0. The molecule has 27 heavy (non-hydrogen) atoms. The molecule has 1 aliphatic rings. The van der Waals surface area contributed by atoms with Gasteiger partial charge in [-0.05, 0) is 31.4 Å². The number of hydrogen-bond donors (Lipinski definition) is 2. The van der Waals surface area contributed by atoms with Crippen molar-refractivity contribution in [2.24, 2.45) is 0 Å². The van der Waals surface area contributed by atoms with E-state index in [9.17, 15) is 10.1 Å². The molecule has 1 aromatic carbocycles. The molecular weight excluding hydrogens is 344 g/mol. The largest absolute Gasteiger partial charge is 0.426 e. The fourth-order valence-electron chi connectivity index (χ4n) is 2.75. The molecule has 1 fully saturated rings. The number of nitrogens with zero attached hydrogens (tertiary/aromatic N) is 4. The third-order valence-corrected chi connectivity index (χ3v) is 4.23. The van der Waals surface area contributed by atoms with Crippen molar-refractivity contribution >= 4 is 28.8 Å². The first-order chi connectivity index (χ1) is 13.0. The van der Waals surface area contributed by atoms with Gasteiger partial charge in [0.2, 0.25) is 0 Å². The second-order valence-corrected chi connectivity index (χ2v) is 6.55. The van der Waals surface area contributed by atoms with Gasteiger partial charge in [0.15, 0.2) is 17.2 Å². The van der Waals surface area contributed by atoms with Gasteiger partial charge >= 0.3 is 5.97 Å². The first-order valence-corrected chi connectivity index (χ1v) is 8.65. The van der Waals surface area contributed by atoms with Crippen LogP contribution in [0.4, 0.5) is 17.2 Å². The summed E-state index contributed by atoms with van der Waals surface area (Å²) in [6.45, 7) is 3.24. The summed E-state index contributed by atoms with van der Waals surface area (Å²) in [5, 5.41) is 20.4. The number of hydrogen-bond acceptors (Lipinski definition) is 7. The monoisotopic (exact) mass is 362 g/mol. The topological polar surface area (TPSA) is 104 Å². The van der Waals surface area contributed by atoms with E-state index in [1.54, 1.807) is 6.07 Å². The zero-order valence-corrected chi connectivity index (χ0v) is 15.0. The molecule has 0 radical (unpaired) electrons. The smallest absolute Gasteiger partial charge is 0.308 e. The highest BCUT2D eigenvalue weighted by Crippen LogP contribution is 2.30. The van der Waals surface area contributed by atoms with E-state index in [1.165, 1.54) is 17.6 Å². The molecule has 1 saturated carbocycles. The van der Waals surface area contributed by atoms with Crippen LogP contribution in [0.5, 0.6) is 5.75 Å². The number of esters is 1. The molecule has 8 nitrogen and oxygen atoms in total. The maximum absolute atomic E-state index is 11.3. The zero-order valence-electron chi connectivity index (χ0n) is 15.0. The number of carbonyl (C=O) groups is 1. The Balaban J connectivity index is 1.71. The predicted octanol–water partition coefficient (Wildman–Crippen LogP) is 3.15. The molecule has 4 rings (SSSR count). The van der Waals surface area contributed by atoms with Crippen LogP contribution in [-0.4, -0.2) is 26.6 Å². The number of carbonyl (C=O) groups excluding carboxylic acids is 1. The summed E-state index contributed by atoms with van der Waals surface area (Å²) in [7, 11) is 0. The summed E-state index contributed by atoms with van der Waals surface area (Å²) in [5.41, 5.74) is 3.38. The van der Waals surface area contributed by atoms with Crippen LogP contribution in [-0.2, 0) is 4.79 Å². The van der Waals surface area contributed by atoms with Gasteiger partial charge in [-0.1, -0.05) is 6.07 Å². The van der Waals surface area contributed by atoms with Gasteiger partial charge < -0.3 is 15.4 Å². The van der Waals surface area contributed by atoms with Gasteiger partial charge in [0, 0.05) is 30.8 Å². The minimum atomic E-state index is -0.372. The summed E-state index contributed by atoms with van der Waals surface area (Å²) in [4.78, 5) is 15.6. The molecule has 0 aliphatic heterocycles. The van der Waals surface area contributed by atoms with Gasteiger partial charge in [-0.15, -0.1) is 5.10 Å². The fourth-order valence-corrected chi connectivity index (χ4v) is 2.75. The number of rotatable bonds is 5. The Hall–Kier alpha value is -3.60. The van der Waals surface area contributed by atoms with Gasteiger partial charge in [0.1, 0.15) is 11.8 Å². The van der Waals surface area contributed by atoms with Crippen LogP contribution in [0.15, 0.2) is 30.5 Å². The lowest BCUT2D eigenvalue weighted by Gasteiger charge is -2.12. The predicted molar refractivity (Wildman–Crippen MR) is 100 cm³/mol. The second-order valence-electron chi connectivity index (χ2n) is 6.55. The highest BCUT2D eigenvalue weighted by molar-refractivity contribution is 5.74. The maximum atomic E-state index is 11.3. The van der Waals surface area contributed by atoms with Crippen molar-refractivity contribution in [3.63, 3.8) is 0 Å². The zero-order chi connectivity index (χ0) is 19.0. The van der Waals surface area contributed by atoms with Gasteiger partial charge in [-0.2, -0.15) is 9.78 Å². The van der Waals surface area contributed by atoms with Crippen LogP contribution >= 0.6 is 0 Å². The minimum Gasteiger partial charge on any atom is -0.426 e. The lowest BCUT2D eigenvalue weighted by atomic mass is 10.2. The number of aryl methyl sites for hydroxylation is 1.